The maximum absolute atomic E-state index is 8.12. The fourth-order valence-corrected chi connectivity index (χ4v) is 7.61. The molecule has 2 aromatic carbocycles. The van der Waals surface area contributed by atoms with Gasteiger partial charge < -0.3 is 10.6 Å². The van der Waals surface area contributed by atoms with Crippen molar-refractivity contribution in [2.45, 2.75) is 51.4 Å². The van der Waals surface area contributed by atoms with Crippen molar-refractivity contribution in [2.75, 3.05) is 26.2 Å². The van der Waals surface area contributed by atoms with Gasteiger partial charge in [0, 0.05) is 33.6 Å². The van der Waals surface area contributed by atoms with Crippen molar-refractivity contribution in [3.05, 3.63) is 139 Å². The fourth-order valence-electron chi connectivity index (χ4n) is 7.22. The Labute approximate surface area is 286 Å². The predicted octanol–water partition coefficient (Wildman–Crippen LogP) is 7.45. The first-order chi connectivity index (χ1) is 23.1. The minimum atomic E-state index is 0.250. The van der Waals surface area contributed by atoms with E-state index in [0.717, 1.165) is 87.6 Å². The molecule has 2 aliphatic carbocycles. The second-order valence-electron chi connectivity index (χ2n) is 12.2. The van der Waals surface area contributed by atoms with E-state index in [1.807, 2.05) is 36.7 Å². The highest BCUT2D eigenvalue weighted by molar-refractivity contribution is 6.31. The number of nitrogens with zero attached hydrogens (tertiary/aromatic N) is 2. The van der Waals surface area contributed by atoms with Gasteiger partial charge in [0.25, 0.3) is 0 Å². The molecule has 0 unspecified atom stereocenters. The molecule has 8 rings (SSSR count). The lowest BCUT2D eigenvalue weighted by Crippen LogP contribution is -2.24. The highest BCUT2D eigenvalue weighted by atomic mass is 35.5. The maximum Gasteiger partial charge on any atom is 0.373 e. The lowest BCUT2D eigenvalue weighted by molar-refractivity contribution is -0.191. The molecule has 47 heavy (non-hydrogen) atoms. The van der Waals surface area contributed by atoms with Crippen molar-refractivity contribution in [3.8, 4) is 0 Å². The second-order valence-corrected chi connectivity index (χ2v) is 13.0. The van der Waals surface area contributed by atoms with Crippen LogP contribution in [0.4, 0.5) is 0 Å². The molecule has 4 aliphatic rings. The Kier molecular flexibility index (Phi) is 11.1. The van der Waals surface area contributed by atoms with Crippen LogP contribution in [0.3, 0.4) is 0 Å². The van der Waals surface area contributed by atoms with E-state index >= 15 is 0 Å². The van der Waals surface area contributed by atoms with Crippen LogP contribution in [-0.2, 0) is 35.3 Å². The van der Waals surface area contributed by atoms with Gasteiger partial charge in [-0.2, -0.15) is 9.59 Å². The molecule has 0 spiro atoms. The molecular formula is C39H38Cl2N4O2. The van der Waals surface area contributed by atoms with Crippen LogP contribution < -0.4 is 10.6 Å². The SMILES string of the molecule is Clc1ccc2c(c1)CCc1cccnc1C2=C1CCNCC1.Clc1ccc2c(c1)CCc1cccnc1C2=C1CCNCC1.O=C=O. The summed E-state index contributed by atoms with van der Waals surface area (Å²) in [6.45, 7) is 4.24. The topological polar surface area (TPSA) is 84.0 Å². The van der Waals surface area contributed by atoms with Gasteiger partial charge >= 0.3 is 6.15 Å². The number of hydrogen-bond acceptors (Lipinski definition) is 6. The molecule has 0 amide bonds. The Bertz CT molecular complexity index is 1710. The quantitative estimate of drug-likeness (QED) is 0.203. The molecule has 2 saturated heterocycles. The van der Waals surface area contributed by atoms with Crippen LogP contribution in [-0.4, -0.2) is 42.3 Å². The summed E-state index contributed by atoms with van der Waals surface area (Å²) in [4.78, 5) is 25.7. The van der Waals surface area contributed by atoms with E-state index in [1.165, 1.54) is 67.1 Å². The van der Waals surface area contributed by atoms with E-state index in [9.17, 15) is 0 Å². The number of piperidine rings is 2. The zero-order valence-corrected chi connectivity index (χ0v) is 27.9. The summed E-state index contributed by atoms with van der Waals surface area (Å²) >= 11 is 12.5. The number of hydrogen-bond donors (Lipinski definition) is 2. The van der Waals surface area contributed by atoms with E-state index in [1.54, 1.807) is 0 Å². The highest BCUT2D eigenvalue weighted by Gasteiger charge is 2.25. The third-order valence-corrected chi connectivity index (χ3v) is 9.85. The van der Waals surface area contributed by atoms with Crippen molar-refractivity contribution in [1.29, 1.82) is 0 Å². The molecule has 0 bridgehead atoms. The van der Waals surface area contributed by atoms with Gasteiger partial charge in [-0.1, -0.05) is 58.6 Å². The van der Waals surface area contributed by atoms with Gasteiger partial charge in [0.05, 0.1) is 11.4 Å². The van der Waals surface area contributed by atoms with Crippen LogP contribution in [0, 0.1) is 0 Å². The zero-order valence-electron chi connectivity index (χ0n) is 26.4. The van der Waals surface area contributed by atoms with Crippen LogP contribution in [0.2, 0.25) is 10.0 Å². The van der Waals surface area contributed by atoms with Gasteiger partial charge in [0.2, 0.25) is 0 Å². The Morgan fingerprint density at radius 1 is 0.532 bits per heavy atom. The second kappa shape index (κ2) is 15.8. The minimum Gasteiger partial charge on any atom is -0.316 e. The Morgan fingerprint density at radius 2 is 0.915 bits per heavy atom. The number of carbonyl (C=O) groups excluding carboxylic acids is 2. The lowest BCUT2D eigenvalue weighted by Gasteiger charge is -2.21. The molecule has 2 N–H and O–H groups in total. The molecule has 4 heterocycles. The van der Waals surface area contributed by atoms with E-state index in [2.05, 4.69) is 47.0 Å². The van der Waals surface area contributed by atoms with Crippen molar-refractivity contribution in [3.63, 3.8) is 0 Å². The van der Waals surface area contributed by atoms with Crippen molar-refractivity contribution in [2.24, 2.45) is 0 Å². The summed E-state index contributed by atoms with van der Waals surface area (Å²) in [7, 11) is 0. The summed E-state index contributed by atoms with van der Waals surface area (Å²) in [5, 5.41) is 8.55. The van der Waals surface area contributed by atoms with Gasteiger partial charge in [-0.25, -0.2) is 0 Å². The third kappa shape index (κ3) is 7.65. The summed E-state index contributed by atoms with van der Waals surface area (Å²) in [5.74, 6) is 0. The third-order valence-electron chi connectivity index (χ3n) is 9.38. The van der Waals surface area contributed by atoms with Crippen LogP contribution in [0.15, 0.2) is 84.2 Å². The van der Waals surface area contributed by atoms with Gasteiger partial charge in [-0.3, -0.25) is 9.97 Å². The Morgan fingerprint density at radius 3 is 1.32 bits per heavy atom. The molecule has 2 fully saturated rings. The van der Waals surface area contributed by atoms with Crippen LogP contribution in [0.1, 0.15) is 70.5 Å². The summed E-state index contributed by atoms with van der Waals surface area (Å²) in [5.41, 5.74) is 16.2. The van der Waals surface area contributed by atoms with Crippen molar-refractivity contribution < 1.29 is 9.59 Å². The normalized spacial score (nSPS) is 16.7. The smallest absolute Gasteiger partial charge is 0.316 e. The molecule has 0 saturated carbocycles. The number of halogens is 2. The van der Waals surface area contributed by atoms with Crippen LogP contribution in [0.5, 0.6) is 0 Å². The number of benzene rings is 2. The number of fused-ring (bicyclic) bond motifs is 4. The predicted molar refractivity (Wildman–Crippen MR) is 187 cm³/mol. The van der Waals surface area contributed by atoms with Crippen molar-refractivity contribution >= 4 is 40.5 Å². The summed E-state index contributed by atoms with van der Waals surface area (Å²) in [6, 6.07) is 21.2. The van der Waals surface area contributed by atoms with E-state index in [0.29, 0.717) is 0 Å². The first-order valence-electron chi connectivity index (χ1n) is 16.4. The monoisotopic (exact) mass is 664 g/mol. The van der Waals surface area contributed by atoms with Gasteiger partial charge in [-0.05, 0) is 147 Å². The Balaban J connectivity index is 0.000000152. The summed E-state index contributed by atoms with van der Waals surface area (Å²) in [6.07, 6.45) is 12.6. The van der Waals surface area contributed by atoms with E-state index in [4.69, 9.17) is 42.8 Å². The van der Waals surface area contributed by atoms with E-state index in [-0.39, 0.29) is 6.15 Å². The minimum absolute atomic E-state index is 0.250. The maximum atomic E-state index is 8.12. The highest BCUT2D eigenvalue weighted by Crippen LogP contribution is 2.39. The number of rotatable bonds is 0. The molecule has 6 nitrogen and oxygen atoms in total. The first-order valence-corrected chi connectivity index (χ1v) is 17.1. The summed E-state index contributed by atoms with van der Waals surface area (Å²) < 4.78 is 0. The average molecular weight is 666 g/mol. The number of pyridine rings is 2. The molecule has 2 aromatic heterocycles. The number of aromatic nitrogens is 2. The number of nitrogens with one attached hydrogen (secondary N) is 2. The molecular weight excluding hydrogens is 627 g/mol. The van der Waals surface area contributed by atoms with Crippen LogP contribution >= 0.6 is 23.2 Å². The largest absolute Gasteiger partial charge is 0.373 e. The van der Waals surface area contributed by atoms with Gasteiger partial charge in [-0.15, -0.1) is 0 Å². The fraction of sp³-hybridized carbons (Fsp3) is 0.308. The van der Waals surface area contributed by atoms with Gasteiger partial charge in [0.1, 0.15) is 0 Å². The molecule has 240 valence electrons. The molecule has 8 heteroatoms. The lowest BCUT2D eigenvalue weighted by atomic mass is 9.89. The van der Waals surface area contributed by atoms with Crippen molar-refractivity contribution in [1.82, 2.24) is 20.6 Å². The average Bonchev–Trinajstić information content (AvgIpc) is 3.37. The van der Waals surface area contributed by atoms with Crippen LogP contribution in [0.25, 0.3) is 11.1 Å². The zero-order chi connectivity index (χ0) is 32.6. The molecule has 0 radical (unpaired) electrons. The number of aryl methyl sites for hydroxylation is 4. The molecule has 2 aliphatic heterocycles. The standard InChI is InChI=1S/2C19H19ClN2.CO2/c2*20-16-5-6-17-15(12-16)4-3-14-2-1-9-22-19(14)18(17)13-7-10-21-11-8-13;2-1-3/h2*1-2,5-6,9,12,21H,3-4,7-8,10-11H2;. The Hall–Kier alpha value is -3.90. The van der Waals surface area contributed by atoms with E-state index < -0.39 is 0 Å². The molecule has 4 aromatic rings. The molecule has 0 atom stereocenters. The van der Waals surface area contributed by atoms with Gasteiger partial charge in [0.15, 0.2) is 0 Å². The first kappa shape index (κ1) is 33.0.